The van der Waals surface area contributed by atoms with Gasteiger partial charge in [-0.1, -0.05) is 77.8 Å². The summed E-state index contributed by atoms with van der Waals surface area (Å²) in [6.45, 7) is 13.6. The Balaban J connectivity index is 5.73. The Kier molecular flexibility index (Phi) is 7.44. The molecule has 0 aliphatic carbocycles. The third-order valence-corrected chi connectivity index (χ3v) is 20.8. The number of amides is 1. The van der Waals surface area contributed by atoms with E-state index in [1.807, 2.05) is 0 Å². The van der Waals surface area contributed by atoms with Crippen LogP contribution in [-0.4, -0.2) is 22.1 Å². The van der Waals surface area contributed by atoms with E-state index in [0.29, 0.717) is 0 Å². The third-order valence-electron chi connectivity index (χ3n) is 5.71. The summed E-state index contributed by atoms with van der Waals surface area (Å²) in [5.41, 5.74) is 7.90. The van der Waals surface area contributed by atoms with Crippen LogP contribution in [0.2, 0.25) is 41.4 Å². The van der Waals surface area contributed by atoms with Gasteiger partial charge in [-0.25, -0.2) is 0 Å². The van der Waals surface area contributed by atoms with Crippen molar-refractivity contribution in [3.8, 4) is 0 Å². The van der Waals surface area contributed by atoms with Crippen molar-refractivity contribution in [2.24, 2.45) is 0 Å². The van der Waals surface area contributed by atoms with Crippen molar-refractivity contribution < 1.29 is 4.79 Å². The van der Waals surface area contributed by atoms with E-state index in [1.165, 1.54) is 36.3 Å². The molecule has 0 aromatic rings. The summed E-state index contributed by atoms with van der Waals surface area (Å²) >= 11 is 0. The summed E-state index contributed by atoms with van der Waals surface area (Å²) in [5, 5.41) is 0.171. The number of hydrogen-bond acceptors (Lipinski definition) is 1. The predicted octanol–water partition coefficient (Wildman–Crippen LogP) is 4.72. The molecule has 0 fully saturated rings. The number of carbonyl (C=O) groups excluding carboxylic acids is 1. The molecule has 4 heteroatoms. The monoisotopic (exact) mass is 286 g/mol. The lowest BCUT2D eigenvalue weighted by Crippen LogP contribution is -2.56. The molecule has 107 valence electrons. The molecule has 0 spiro atoms. The van der Waals surface area contributed by atoms with Crippen molar-refractivity contribution >= 4 is 22.1 Å². The molecule has 0 saturated carbocycles. The van der Waals surface area contributed by atoms with Gasteiger partial charge in [0.05, 0.1) is 16.1 Å². The number of carbonyl (C=O) groups is 1. The summed E-state index contributed by atoms with van der Waals surface area (Å²) in [4.78, 5) is 12.1. The van der Waals surface area contributed by atoms with E-state index >= 15 is 0 Å². The van der Waals surface area contributed by atoms with Gasteiger partial charge in [0.1, 0.15) is 0 Å². The van der Waals surface area contributed by atoms with Crippen LogP contribution in [0, 0.1) is 0 Å². The first-order valence-corrected chi connectivity index (χ1v) is 13.1. The summed E-state index contributed by atoms with van der Waals surface area (Å²) in [7, 11) is -3.17. The fraction of sp³-hybridized carbons (Fsp3) is 0.929. The van der Waals surface area contributed by atoms with Crippen LogP contribution in [-0.2, 0) is 4.79 Å². The number of rotatable bonds is 9. The summed E-state index contributed by atoms with van der Waals surface area (Å²) < 4.78 is 0. The second-order valence-electron chi connectivity index (χ2n) is 5.64. The van der Waals surface area contributed by atoms with Gasteiger partial charge in [-0.15, -0.1) is 0 Å². The van der Waals surface area contributed by atoms with Gasteiger partial charge in [0.25, 0.3) is 0 Å². The van der Waals surface area contributed by atoms with Gasteiger partial charge < -0.3 is 0 Å². The summed E-state index contributed by atoms with van der Waals surface area (Å²) in [6, 6.07) is 7.02. The van der Waals surface area contributed by atoms with Gasteiger partial charge in [0.2, 0.25) is 5.91 Å². The topological polar surface area (TPSA) is 40.9 Å². The highest BCUT2D eigenvalue weighted by molar-refractivity contribution is 7.02. The van der Waals surface area contributed by atoms with Crippen LogP contribution in [0.3, 0.4) is 0 Å². The van der Waals surface area contributed by atoms with E-state index < -0.39 is 16.1 Å². The fourth-order valence-corrected chi connectivity index (χ4v) is 19.4. The Morgan fingerprint density at radius 3 is 1.11 bits per heavy atom. The first-order valence-electron chi connectivity index (χ1n) is 7.68. The fourth-order valence-electron chi connectivity index (χ4n) is 3.93. The van der Waals surface area contributed by atoms with Gasteiger partial charge in [-0.05, 0) is 0 Å². The zero-order chi connectivity index (χ0) is 14.4. The molecule has 1 amide bonds. The molecule has 0 saturated heterocycles. The normalized spacial score (nSPS) is 13.1. The van der Waals surface area contributed by atoms with Crippen LogP contribution < -0.4 is 5.73 Å². The van der Waals surface area contributed by atoms with Crippen LogP contribution in [0.15, 0.2) is 0 Å². The maximum Gasteiger partial charge on any atom is 0.236 e. The van der Waals surface area contributed by atoms with Crippen LogP contribution in [0.5, 0.6) is 0 Å². The van der Waals surface area contributed by atoms with Gasteiger partial charge in [-0.2, -0.15) is 0 Å². The highest BCUT2D eigenvalue weighted by Gasteiger charge is 2.51. The molecule has 0 aliphatic heterocycles. The minimum absolute atomic E-state index is 0.171. The van der Waals surface area contributed by atoms with Crippen LogP contribution in [0.1, 0.15) is 41.5 Å². The lowest BCUT2D eigenvalue weighted by molar-refractivity contribution is -0.117. The molecule has 2 nitrogen and oxygen atoms in total. The van der Waals surface area contributed by atoms with Crippen LogP contribution in [0.25, 0.3) is 0 Å². The quantitative estimate of drug-likeness (QED) is 0.565. The zero-order valence-electron chi connectivity index (χ0n) is 13.2. The molecule has 0 aromatic carbocycles. The lowest BCUT2D eigenvalue weighted by Gasteiger charge is -2.46. The average molecular weight is 287 g/mol. The van der Waals surface area contributed by atoms with Gasteiger partial charge in [0, 0.05) is 5.16 Å². The lowest BCUT2D eigenvalue weighted by atomic mass is 10.7. The molecular weight excluding hydrogens is 254 g/mol. The molecular formula is C14H32NOSi2. The molecule has 0 bridgehead atoms. The van der Waals surface area contributed by atoms with Crippen LogP contribution >= 0.6 is 0 Å². The Morgan fingerprint density at radius 2 is 1.00 bits per heavy atom. The molecule has 1 N–H and O–H groups in total. The van der Waals surface area contributed by atoms with Crippen molar-refractivity contribution in [2.45, 2.75) is 83.0 Å². The molecule has 0 aromatic heterocycles. The molecule has 18 heavy (non-hydrogen) atoms. The van der Waals surface area contributed by atoms with E-state index in [0.717, 1.165) is 0 Å². The van der Waals surface area contributed by atoms with Crippen molar-refractivity contribution in [3.63, 3.8) is 0 Å². The van der Waals surface area contributed by atoms with Gasteiger partial charge in [-0.3, -0.25) is 10.5 Å². The van der Waals surface area contributed by atoms with Crippen LogP contribution in [0.4, 0.5) is 0 Å². The smallest absolute Gasteiger partial charge is 0.236 e. The Labute approximate surface area is 116 Å². The molecule has 0 aliphatic rings. The maximum atomic E-state index is 12.1. The average Bonchev–Trinajstić information content (AvgIpc) is 2.40. The molecule has 1 radical (unpaired) electrons. The van der Waals surface area contributed by atoms with E-state index in [1.54, 1.807) is 0 Å². The summed E-state index contributed by atoms with van der Waals surface area (Å²) in [6.07, 6.45) is 0. The standard InChI is InChI=1S/C14H32NOSi2/c1-7-17(8-2,9-3)14(13(15)16)18(10-4,11-5)12-6/h14-15H,7-12H2,1-6H3. The second kappa shape index (κ2) is 7.48. The van der Waals surface area contributed by atoms with E-state index in [9.17, 15) is 4.79 Å². The summed E-state index contributed by atoms with van der Waals surface area (Å²) in [5.74, 6) is -0.218. The Hall–Kier alpha value is -0.0962. The molecule has 0 atom stereocenters. The first kappa shape index (κ1) is 17.9. The molecule has 0 rings (SSSR count). The highest BCUT2D eigenvalue weighted by atomic mass is 28.4. The minimum atomic E-state index is -1.58. The minimum Gasteiger partial charge on any atom is -0.274 e. The van der Waals surface area contributed by atoms with Crippen molar-refractivity contribution in [2.75, 3.05) is 0 Å². The SMILES string of the molecule is CC[Si](CC)(CC)C(C([NH])=O)[Si](CC)(CC)CC. The van der Waals surface area contributed by atoms with Gasteiger partial charge >= 0.3 is 0 Å². The predicted molar refractivity (Wildman–Crippen MR) is 86.2 cm³/mol. The van der Waals surface area contributed by atoms with Gasteiger partial charge in [0.15, 0.2) is 0 Å². The molecule has 0 unspecified atom stereocenters. The van der Waals surface area contributed by atoms with Crippen molar-refractivity contribution in [1.82, 2.24) is 5.73 Å². The van der Waals surface area contributed by atoms with Crippen molar-refractivity contribution in [3.05, 3.63) is 0 Å². The Morgan fingerprint density at radius 1 is 0.778 bits per heavy atom. The number of hydrogen-bond donors (Lipinski definition) is 0. The van der Waals surface area contributed by atoms with Crippen molar-refractivity contribution in [1.29, 1.82) is 0 Å². The third kappa shape index (κ3) is 3.07. The van der Waals surface area contributed by atoms with E-state index in [4.69, 9.17) is 5.73 Å². The van der Waals surface area contributed by atoms with E-state index in [-0.39, 0.29) is 11.1 Å². The second-order valence-corrected chi connectivity index (χ2v) is 17.1. The number of nitrogens with one attached hydrogen (secondary N) is 1. The largest absolute Gasteiger partial charge is 0.274 e. The molecule has 0 heterocycles. The first-order chi connectivity index (χ1) is 8.43. The van der Waals surface area contributed by atoms with E-state index in [2.05, 4.69) is 41.5 Å². The zero-order valence-corrected chi connectivity index (χ0v) is 15.2. The Bertz CT molecular complexity index is 224. The maximum absolute atomic E-state index is 12.1. The highest BCUT2D eigenvalue weighted by Crippen LogP contribution is 2.45.